The van der Waals surface area contributed by atoms with Gasteiger partial charge < -0.3 is 20.8 Å². The van der Waals surface area contributed by atoms with Crippen molar-refractivity contribution in [1.82, 2.24) is 19.5 Å². The maximum Gasteiger partial charge on any atom is 0.170 e. The van der Waals surface area contributed by atoms with Gasteiger partial charge in [0.05, 0.1) is 13.2 Å². The zero-order valence-electron chi connectivity index (χ0n) is 12.5. The lowest BCUT2D eigenvalue weighted by Gasteiger charge is -2.23. The third kappa shape index (κ3) is 2.94. The number of hydrogen-bond donors (Lipinski definition) is 3. The van der Waals surface area contributed by atoms with Gasteiger partial charge in [0.1, 0.15) is 12.7 Å². The summed E-state index contributed by atoms with van der Waals surface area (Å²) in [5.74, 6) is 0.349. The van der Waals surface area contributed by atoms with E-state index in [1.165, 1.54) is 6.33 Å². The van der Waals surface area contributed by atoms with E-state index in [2.05, 4.69) is 15.0 Å². The molecule has 0 radical (unpaired) electrons. The summed E-state index contributed by atoms with van der Waals surface area (Å²) in [5, 5.41) is 18.2. The molecule has 0 fully saturated rings. The summed E-state index contributed by atoms with van der Waals surface area (Å²) in [4.78, 5) is 14.3. The smallest absolute Gasteiger partial charge is 0.170 e. The number of aromatic nitrogens is 4. The molecule has 2 aromatic heterocycles. The second kappa shape index (κ2) is 6.59. The number of imidazole rings is 1. The number of hydrogen-bond acceptors (Lipinski definition) is 7. The first-order valence-corrected chi connectivity index (χ1v) is 7.25. The fourth-order valence-electron chi connectivity index (χ4n) is 2.48. The highest BCUT2D eigenvalue weighted by Gasteiger charge is 2.10. The SMILES string of the molecule is Nc1ncnc2c1ncn2-c1ccc(N(CCO)CCO)cc1. The Morgan fingerprint density at radius 1 is 1.00 bits per heavy atom. The summed E-state index contributed by atoms with van der Waals surface area (Å²) in [5.41, 5.74) is 8.83. The number of nitrogens with two attached hydrogens (primary N) is 1. The lowest BCUT2D eigenvalue weighted by Crippen LogP contribution is -2.29. The van der Waals surface area contributed by atoms with Gasteiger partial charge >= 0.3 is 0 Å². The molecule has 0 aliphatic carbocycles. The van der Waals surface area contributed by atoms with Gasteiger partial charge in [-0.25, -0.2) is 15.0 Å². The van der Waals surface area contributed by atoms with Crippen molar-refractivity contribution in [1.29, 1.82) is 0 Å². The van der Waals surface area contributed by atoms with Gasteiger partial charge in [-0.15, -0.1) is 0 Å². The van der Waals surface area contributed by atoms with E-state index in [0.717, 1.165) is 11.4 Å². The van der Waals surface area contributed by atoms with Crippen molar-refractivity contribution in [2.45, 2.75) is 0 Å². The minimum atomic E-state index is 0.0319. The van der Waals surface area contributed by atoms with Gasteiger partial charge in [0, 0.05) is 24.5 Å². The Morgan fingerprint density at radius 2 is 1.70 bits per heavy atom. The molecule has 0 unspecified atom stereocenters. The highest BCUT2D eigenvalue weighted by Crippen LogP contribution is 2.21. The van der Waals surface area contributed by atoms with Crippen molar-refractivity contribution in [3.8, 4) is 5.69 Å². The monoisotopic (exact) mass is 314 g/mol. The Labute approximate surface area is 132 Å². The van der Waals surface area contributed by atoms with Crippen LogP contribution in [0.1, 0.15) is 0 Å². The largest absolute Gasteiger partial charge is 0.395 e. The maximum absolute atomic E-state index is 9.11. The van der Waals surface area contributed by atoms with E-state index in [1.807, 2.05) is 33.7 Å². The maximum atomic E-state index is 9.11. The summed E-state index contributed by atoms with van der Waals surface area (Å²) in [6.45, 7) is 1.00. The van der Waals surface area contributed by atoms with Crippen molar-refractivity contribution < 1.29 is 10.2 Å². The molecule has 120 valence electrons. The van der Waals surface area contributed by atoms with Crippen LogP contribution in [0.15, 0.2) is 36.9 Å². The molecule has 0 bridgehead atoms. The van der Waals surface area contributed by atoms with E-state index >= 15 is 0 Å². The molecule has 0 amide bonds. The quantitative estimate of drug-likeness (QED) is 0.595. The first-order valence-electron chi connectivity index (χ1n) is 7.25. The summed E-state index contributed by atoms with van der Waals surface area (Å²) in [6, 6.07) is 7.71. The van der Waals surface area contributed by atoms with Crippen LogP contribution in [0.25, 0.3) is 16.9 Å². The number of rotatable bonds is 6. The molecule has 8 nitrogen and oxygen atoms in total. The van der Waals surface area contributed by atoms with Gasteiger partial charge in [0.15, 0.2) is 17.0 Å². The molecule has 1 aromatic carbocycles. The third-order valence-corrected chi connectivity index (χ3v) is 3.59. The molecule has 4 N–H and O–H groups in total. The summed E-state index contributed by atoms with van der Waals surface area (Å²) < 4.78 is 1.83. The second-order valence-electron chi connectivity index (χ2n) is 5.00. The predicted octanol–water partition coefficient (Wildman–Crippen LogP) is 0.189. The molecule has 0 atom stereocenters. The van der Waals surface area contributed by atoms with Crippen molar-refractivity contribution in [2.24, 2.45) is 0 Å². The molecule has 0 aliphatic rings. The normalized spacial score (nSPS) is 11.0. The Hall–Kier alpha value is -2.71. The van der Waals surface area contributed by atoms with Crippen molar-refractivity contribution in [3.05, 3.63) is 36.9 Å². The second-order valence-corrected chi connectivity index (χ2v) is 5.00. The van der Waals surface area contributed by atoms with Gasteiger partial charge in [0.2, 0.25) is 0 Å². The van der Waals surface area contributed by atoms with E-state index in [-0.39, 0.29) is 13.2 Å². The van der Waals surface area contributed by atoms with Crippen LogP contribution in [0, 0.1) is 0 Å². The minimum Gasteiger partial charge on any atom is -0.395 e. The zero-order chi connectivity index (χ0) is 16.2. The van der Waals surface area contributed by atoms with Crippen LogP contribution in [-0.4, -0.2) is 56.0 Å². The molecule has 0 aliphatic heterocycles. The fraction of sp³-hybridized carbons (Fsp3) is 0.267. The van der Waals surface area contributed by atoms with Gasteiger partial charge in [-0.05, 0) is 24.3 Å². The number of nitrogens with zero attached hydrogens (tertiary/aromatic N) is 5. The van der Waals surface area contributed by atoms with Crippen molar-refractivity contribution >= 4 is 22.7 Å². The van der Waals surface area contributed by atoms with Gasteiger partial charge in [-0.2, -0.15) is 0 Å². The lowest BCUT2D eigenvalue weighted by atomic mass is 10.2. The van der Waals surface area contributed by atoms with Crippen LogP contribution < -0.4 is 10.6 Å². The molecular formula is C15H18N6O2. The summed E-state index contributed by atoms with van der Waals surface area (Å²) in [6.07, 6.45) is 3.07. The number of nitrogen functional groups attached to an aromatic ring is 1. The van der Waals surface area contributed by atoms with E-state index in [9.17, 15) is 0 Å². The van der Waals surface area contributed by atoms with Crippen LogP contribution in [0.2, 0.25) is 0 Å². The van der Waals surface area contributed by atoms with Gasteiger partial charge in [-0.1, -0.05) is 0 Å². The molecule has 8 heteroatoms. The first kappa shape index (κ1) is 15.2. The number of anilines is 2. The number of aliphatic hydroxyl groups excluding tert-OH is 2. The predicted molar refractivity (Wildman–Crippen MR) is 87.5 cm³/mol. The van der Waals surface area contributed by atoms with Crippen LogP contribution in [0.5, 0.6) is 0 Å². The molecule has 23 heavy (non-hydrogen) atoms. The fourth-order valence-corrected chi connectivity index (χ4v) is 2.48. The highest BCUT2D eigenvalue weighted by molar-refractivity contribution is 5.82. The first-order chi connectivity index (χ1) is 11.2. The topological polar surface area (TPSA) is 113 Å². The molecule has 0 spiro atoms. The van der Waals surface area contributed by atoms with Crippen molar-refractivity contribution in [2.75, 3.05) is 36.9 Å². The van der Waals surface area contributed by atoms with Crippen LogP contribution >= 0.6 is 0 Å². The summed E-state index contributed by atoms with van der Waals surface area (Å²) >= 11 is 0. The van der Waals surface area contributed by atoms with E-state index < -0.39 is 0 Å². The Morgan fingerprint density at radius 3 is 2.35 bits per heavy atom. The Balaban J connectivity index is 1.93. The summed E-state index contributed by atoms with van der Waals surface area (Å²) in [7, 11) is 0. The van der Waals surface area contributed by atoms with E-state index in [1.54, 1.807) is 6.33 Å². The molecule has 0 saturated heterocycles. The number of aliphatic hydroxyl groups is 2. The van der Waals surface area contributed by atoms with Crippen LogP contribution in [0.3, 0.4) is 0 Å². The zero-order valence-corrected chi connectivity index (χ0v) is 12.5. The Bertz CT molecular complexity index is 780. The minimum absolute atomic E-state index is 0.0319. The van der Waals surface area contributed by atoms with Crippen molar-refractivity contribution in [3.63, 3.8) is 0 Å². The van der Waals surface area contributed by atoms with Crippen LogP contribution in [-0.2, 0) is 0 Å². The number of fused-ring (bicyclic) bond motifs is 1. The van der Waals surface area contributed by atoms with Gasteiger partial charge in [0.25, 0.3) is 0 Å². The average Bonchev–Trinajstić information content (AvgIpc) is 3.00. The van der Waals surface area contributed by atoms with Gasteiger partial charge in [-0.3, -0.25) is 4.57 Å². The number of benzene rings is 1. The molecule has 0 saturated carbocycles. The molecular weight excluding hydrogens is 296 g/mol. The third-order valence-electron chi connectivity index (χ3n) is 3.59. The molecule has 3 rings (SSSR count). The average molecular weight is 314 g/mol. The Kier molecular flexibility index (Phi) is 4.35. The van der Waals surface area contributed by atoms with E-state index in [0.29, 0.717) is 30.1 Å². The standard InChI is InChI=1S/C15H18N6O2/c16-14-13-15(18-9-17-14)21(10-19-13)12-3-1-11(2-4-12)20(5-7-22)6-8-23/h1-4,9-10,22-23H,5-8H2,(H2,16,17,18). The molecule has 2 heterocycles. The molecule has 3 aromatic rings. The highest BCUT2D eigenvalue weighted by atomic mass is 16.3. The van der Waals surface area contributed by atoms with Crippen LogP contribution in [0.4, 0.5) is 11.5 Å². The lowest BCUT2D eigenvalue weighted by molar-refractivity contribution is 0.281. The van der Waals surface area contributed by atoms with E-state index in [4.69, 9.17) is 15.9 Å².